The monoisotopic (exact) mass is 481 g/mol. The Kier molecular flexibility index (Phi) is 6.16. The van der Waals surface area contributed by atoms with Crippen LogP contribution in [-0.4, -0.2) is 23.8 Å². The largest absolute Gasteiger partial charge is 0.337 e. The lowest BCUT2D eigenvalue weighted by atomic mass is 10.2. The van der Waals surface area contributed by atoms with Crippen molar-refractivity contribution in [3.63, 3.8) is 0 Å². The van der Waals surface area contributed by atoms with E-state index in [1.54, 1.807) is 37.3 Å². The maximum atomic E-state index is 14.1. The van der Waals surface area contributed by atoms with E-state index in [9.17, 15) is 27.7 Å². The number of amides is 1. The number of nitrogens with one attached hydrogen (secondary N) is 1. The molecule has 10 heteroatoms. The van der Waals surface area contributed by atoms with Gasteiger partial charge in [-0.15, -0.1) is 0 Å². The van der Waals surface area contributed by atoms with Crippen molar-refractivity contribution in [3.05, 3.63) is 100.0 Å². The number of nitrogens with zero attached hydrogens (tertiary/aromatic N) is 2. The standard InChI is InChI=1S/C24H20FN3O5S/c1-16-12-18(28(30)31)10-11-21(16)26-24(29)14-27-13-23(19-7-3-5-9-22(19)27)34(32,33)15-17-6-2-4-8-20(17)25/h2-13H,14-15H2,1H3,(H,26,29). The topological polar surface area (TPSA) is 111 Å². The summed E-state index contributed by atoms with van der Waals surface area (Å²) in [5.74, 6) is -1.55. The minimum Gasteiger partial charge on any atom is -0.337 e. The number of anilines is 1. The summed E-state index contributed by atoms with van der Waals surface area (Å²) in [6.45, 7) is 1.45. The predicted octanol–water partition coefficient (Wildman–Crippen LogP) is 4.61. The van der Waals surface area contributed by atoms with Gasteiger partial charge in [0.1, 0.15) is 12.4 Å². The first kappa shape index (κ1) is 23.1. The maximum absolute atomic E-state index is 14.1. The van der Waals surface area contributed by atoms with Crippen LogP contribution in [0.2, 0.25) is 0 Å². The Bertz CT molecular complexity index is 1530. The van der Waals surface area contributed by atoms with E-state index >= 15 is 0 Å². The molecule has 1 N–H and O–H groups in total. The Morgan fingerprint density at radius 2 is 1.79 bits per heavy atom. The van der Waals surface area contributed by atoms with Crippen LogP contribution < -0.4 is 5.32 Å². The molecule has 1 heterocycles. The number of para-hydroxylation sites is 1. The fraction of sp³-hybridized carbons (Fsp3) is 0.125. The Morgan fingerprint density at radius 3 is 2.50 bits per heavy atom. The summed E-state index contributed by atoms with van der Waals surface area (Å²) in [7, 11) is -3.91. The summed E-state index contributed by atoms with van der Waals surface area (Å²) < 4.78 is 41.9. The zero-order valence-corrected chi connectivity index (χ0v) is 18.9. The zero-order chi connectivity index (χ0) is 24.5. The lowest BCUT2D eigenvalue weighted by Gasteiger charge is -2.09. The Balaban J connectivity index is 1.63. The van der Waals surface area contributed by atoms with Crippen LogP contribution in [0.15, 0.2) is 77.8 Å². The Morgan fingerprint density at radius 1 is 1.09 bits per heavy atom. The molecular weight excluding hydrogens is 461 g/mol. The number of fused-ring (bicyclic) bond motifs is 1. The molecule has 0 aliphatic heterocycles. The number of sulfone groups is 1. The number of aromatic nitrogens is 1. The van der Waals surface area contributed by atoms with Crippen molar-refractivity contribution >= 4 is 38.0 Å². The van der Waals surface area contributed by atoms with E-state index in [0.717, 1.165) is 0 Å². The second kappa shape index (κ2) is 9.06. The number of nitro groups is 1. The smallest absolute Gasteiger partial charge is 0.269 e. The van der Waals surface area contributed by atoms with Crippen LogP contribution >= 0.6 is 0 Å². The normalized spacial score (nSPS) is 11.5. The third-order valence-electron chi connectivity index (χ3n) is 5.40. The molecule has 4 rings (SSSR count). The first-order chi connectivity index (χ1) is 16.2. The molecule has 0 unspecified atom stereocenters. The van der Waals surface area contributed by atoms with Crippen molar-refractivity contribution in [2.45, 2.75) is 24.1 Å². The fourth-order valence-electron chi connectivity index (χ4n) is 3.74. The van der Waals surface area contributed by atoms with Crippen molar-refractivity contribution < 1.29 is 22.5 Å². The molecule has 8 nitrogen and oxygen atoms in total. The van der Waals surface area contributed by atoms with Crippen LogP contribution in [0.25, 0.3) is 10.9 Å². The van der Waals surface area contributed by atoms with Crippen LogP contribution in [0.5, 0.6) is 0 Å². The molecule has 0 fully saturated rings. The van der Waals surface area contributed by atoms with Gasteiger partial charge in [-0.05, 0) is 30.7 Å². The van der Waals surface area contributed by atoms with Crippen molar-refractivity contribution in [1.29, 1.82) is 0 Å². The minimum absolute atomic E-state index is 0.00525. The summed E-state index contributed by atoms with van der Waals surface area (Å²) in [4.78, 5) is 23.1. The summed E-state index contributed by atoms with van der Waals surface area (Å²) in [6, 6.07) is 16.5. The van der Waals surface area contributed by atoms with Gasteiger partial charge in [-0.1, -0.05) is 36.4 Å². The number of benzene rings is 3. The molecule has 0 radical (unpaired) electrons. The molecule has 3 aromatic carbocycles. The highest BCUT2D eigenvalue weighted by molar-refractivity contribution is 7.90. The van der Waals surface area contributed by atoms with E-state index in [2.05, 4.69) is 5.32 Å². The van der Waals surface area contributed by atoms with Crippen LogP contribution in [-0.2, 0) is 26.9 Å². The van der Waals surface area contributed by atoms with Gasteiger partial charge >= 0.3 is 0 Å². The molecule has 4 aromatic rings. The maximum Gasteiger partial charge on any atom is 0.269 e. The molecule has 0 spiro atoms. The van der Waals surface area contributed by atoms with E-state index < -0.39 is 32.2 Å². The van der Waals surface area contributed by atoms with E-state index in [-0.39, 0.29) is 22.7 Å². The minimum atomic E-state index is -3.91. The third-order valence-corrected chi connectivity index (χ3v) is 7.09. The molecule has 1 aromatic heterocycles. The van der Waals surface area contributed by atoms with Gasteiger partial charge in [0.2, 0.25) is 5.91 Å². The molecule has 0 atom stereocenters. The number of carbonyl (C=O) groups is 1. The third kappa shape index (κ3) is 4.67. The molecule has 34 heavy (non-hydrogen) atoms. The van der Waals surface area contributed by atoms with Crippen LogP contribution in [0, 0.1) is 22.9 Å². The van der Waals surface area contributed by atoms with Gasteiger partial charge in [0, 0.05) is 40.5 Å². The molecule has 1 amide bonds. The van der Waals surface area contributed by atoms with E-state index in [4.69, 9.17) is 0 Å². The van der Waals surface area contributed by atoms with Crippen molar-refractivity contribution in [1.82, 2.24) is 4.57 Å². The molecule has 174 valence electrons. The quantitative estimate of drug-likeness (QED) is 0.306. The predicted molar refractivity (Wildman–Crippen MR) is 126 cm³/mol. The zero-order valence-electron chi connectivity index (χ0n) is 18.1. The Labute approximate surface area is 194 Å². The van der Waals surface area contributed by atoms with E-state index in [1.165, 1.54) is 47.2 Å². The van der Waals surface area contributed by atoms with Gasteiger partial charge in [0.05, 0.1) is 15.6 Å². The van der Waals surface area contributed by atoms with E-state index in [0.29, 0.717) is 22.2 Å². The highest BCUT2D eigenvalue weighted by Crippen LogP contribution is 2.29. The summed E-state index contributed by atoms with van der Waals surface area (Å²) >= 11 is 0. The number of non-ortho nitro benzene ring substituents is 1. The molecule has 0 aliphatic rings. The molecule has 0 saturated carbocycles. The van der Waals surface area contributed by atoms with Gasteiger partial charge in [-0.2, -0.15) is 0 Å². The lowest BCUT2D eigenvalue weighted by Crippen LogP contribution is -2.19. The summed E-state index contributed by atoms with van der Waals surface area (Å²) in [5, 5.41) is 14.0. The van der Waals surface area contributed by atoms with Gasteiger partial charge < -0.3 is 9.88 Å². The number of nitro benzene ring substituents is 1. The number of carbonyl (C=O) groups excluding carboxylic acids is 1. The molecule has 0 bridgehead atoms. The van der Waals surface area contributed by atoms with Gasteiger partial charge in [0.25, 0.3) is 5.69 Å². The fourth-order valence-corrected chi connectivity index (χ4v) is 5.33. The highest BCUT2D eigenvalue weighted by atomic mass is 32.2. The highest BCUT2D eigenvalue weighted by Gasteiger charge is 2.23. The van der Waals surface area contributed by atoms with Crippen molar-refractivity contribution in [2.75, 3.05) is 5.32 Å². The lowest BCUT2D eigenvalue weighted by molar-refractivity contribution is -0.384. The van der Waals surface area contributed by atoms with Crippen LogP contribution in [0.1, 0.15) is 11.1 Å². The van der Waals surface area contributed by atoms with Crippen molar-refractivity contribution in [2.24, 2.45) is 0 Å². The molecule has 0 saturated heterocycles. The number of hydrogen-bond acceptors (Lipinski definition) is 5. The first-order valence-electron chi connectivity index (χ1n) is 10.2. The van der Waals surface area contributed by atoms with Crippen LogP contribution in [0.3, 0.4) is 0 Å². The Hall–Kier alpha value is -4.05. The van der Waals surface area contributed by atoms with Crippen LogP contribution in [0.4, 0.5) is 15.8 Å². The number of aryl methyl sites for hydroxylation is 1. The van der Waals surface area contributed by atoms with Gasteiger partial charge in [0.15, 0.2) is 9.84 Å². The van der Waals surface area contributed by atoms with Crippen molar-refractivity contribution in [3.8, 4) is 0 Å². The van der Waals surface area contributed by atoms with Gasteiger partial charge in [-0.3, -0.25) is 14.9 Å². The number of hydrogen-bond donors (Lipinski definition) is 1. The van der Waals surface area contributed by atoms with E-state index in [1.807, 2.05) is 0 Å². The second-order valence-electron chi connectivity index (χ2n) is 7.79. The SMILES string of the molecule is Cc1cc([N+](=O)[O-])ccc1NC(=O)Cn1cc(S(=O)(=O)Cc2ccccc2F)c2ccccc21. The summed E-state index contributed by atoms with van der Waals surface area (Å²) in [6.07, 6.45) is 1.38. The molecule has 0 aliphatic carbocycles. The molecular formula is C24H20FN3O5S. The number of rotatable bonds is 7. The number of halogens is 1. The average Bonchev–Trinajstić information content (AvgIpc) is 3.16. The second-order valence-corrected chi connectivity index (χ2v) is 9.75. The summed E-state index contributed by atoms with van der Waals surface area (Å²) in [5.41, 5.74) is 1.44. The van der Waals surface area contributed by atoms with Gasteiger partial charge in [-0.25, -0.2) is 12.8 Å². The average molecular weight is 482 g/mol. The first-order valence-corrected chi connectivity index (χ1v) is 11.9.